The number of carboxylic acids is 1. The Morgan fingerprint density at radius 1 is 1.38 bits per heavy atom. The number of anilines is 1. The zero-order valence-electron chi connectivity index (χ0n) is 11.2. The third-order valence-corrected chi connectivity index (χ3v) is 4.23. The van der Waals surface area contributed by atoms with Gasteiger partial charge in [-0.15, -0.1) is 0 Å². The smallest absolute Gasteiger partial charge is 0.335 e. The number of aromatic carboxylic acids is 1. The zero-order valence-corrected chi connectivity index (χ0v) is 13.6. The van der Waals surface area contributed by atoms with Gasteiger partial charge in [0.05, 0.1) is 11.3 Å². The molecule has 2 N–H and O–H groups in total. The van der Waals surface area contributed by atoms with Crippen molar-refractivity contribution in [1.29, 1.82) is 0 Å². The van der Waals surface area contributed by atoms with Crippen molar-refractivity contribution in [2.24, 2.45) is 0 Å². The van der Waals surface area contributed by atoms with E-state index in [1.165, 1.54) is 17.0 Å². The lowest BCUT2D eigenvalue weighted by Crippen LogP contribution is -2.30. The fourth-order valence-electron chi connectivity index (χ4n) is 1.69. The summed E-state index contributed by atoms with van der Waals surface area (Å²) in [7, 11) is 1.68. The third kappa shape index (κ3) is 4.05. The Kier molecular flexibility index (Phi) is 4.98. The van der Waals surface area contributed by atoms with Crippen LogP contribution < -0.4 is 5.32 Å². The molecule has 110 valence electrons. The molecule has 0 aliphatic heterocycles. The zero-order chi connectivity index (χ0) is 15.4. The maximum absolute atomic E-state index is 12.1. The van der Waals surface area contributed by atoms with Crippen LogP contribution in [-0.2, 0) is 6.54 Å². The average molecular weight is 369 g/mol. The van der Waals surface area contributed by atoms with E-state index < -0.39 is 5.97 Å². The van der Waals surface area contributed by atoms with Crippen LogP contribution in [-0.4, -0.2) is 29.1 Å². The topological polar surface area (TPSA) is 69.6 Å². The molecular formula is C14H13BrN2O3S. The van der Waals surface area contributed by atoms with Gasteiger partial charge in [-0.3, -0.25) is 0 Å². The fourth-order valence-corrected chi connectivity index (χ4v) is 2.70. The van der Waals surface area contributed by atoms with Crippen LogP contribution in [0.3, 0.4) is 0 Å². The largest absolute Gasteiger partial charge is 0.478 e. The number of urea groups is 1. The van der Waals surface area contributed by atoms with E-state index in [2.05, 4.69) is 21.2 Å². The molecule has 0 spiro atoms. The van der Waals surface area contributed by atoms with Gasteiger partial charge in [0.25, 0.3) is 0 Å². The van der Waals surface area contributed by atoms with Crippen LogP contribution in [0.2, 0.25) is 0 Å². The van der Waals surface area contributed by atoms with Crippen LogP contribution >= 0.6 is 27.3 Å². The summed E-state index contributed by atoms with van der Waals surface area (Å²) in [6, 6.07) is 6.14. The summed E-state index contributed by atoms with van der Waals surface area (Å²) >= 11 is 4.87. The Morgan fingerprint density at radius 3 is 2.76 bits per heavy atom. The van der Waals surface area contributed by atoms with Gasteiger partial charge in [0.1, 0.15) is 0 Å². The molecule has 0 atom stereocenters. The molecule has 2 amide bonds. The molecule has 0 aliphatic rings. The molecule has 0 bridgehead atoms. The second-order valence-corrected chi connectivity index (χ2v) is 6.05. The number of carbonyl (C=O) groups is 2. The fraction of sp³-hybridized carbons (Fsp3) is 0.143. The molecule has 0 aliphatic carbocycles. The number of hydrogen-bond acceptors (Lipinski definition) is 3. The quantitative estimate of drug-likeness (QED) is 0.860. The molecule has 0 saturated heterocycles. The molecule has 2 rings (SSSR count). The van der Waals surface area contributed by atoms with Gasteiger partial charge in [-0.2, -0.15) is 11.3 Å². The van der Waals surface area contributed by atoms with Crippen molar-refractivity contribution in [2.45, 2.75) is 6.54 Å². The van der Waals surface area contributed by atoms with Crippen molar-refractivity contribution >= 4 is 45.0 Å². The number of nitrogens with one attached hydrogen (secondary N) is 1. The number of carbonyl (C=O) groups excluding carboxylic acids is 1. The van der Waals surface area contributed by atoms with E-state index in [0.29, 0.717) is 16.7 Å². The molecule has 1 aromatic heterocycles. The third-order valence-electron chi connectivity index (χ3n) is 2.80. The summed E-state index contributed by atoms with van der Waals surface area (Å²) in [4.78, 5) is 24.6. The number of nitrogens with zero attached hydrogens (tertiary/aromatic N) is 1. The number of halogens is 1. The Labute approximate surface area is 134 Å². The van der Waals surface area contributed by atoms with Crippen molar-refractivity contribution < 1.29 is 14.7 Å². The summed E-state index contributed by atoms with van der Waals surface area (Å²) in [5, 5.41) is 15.6. The van der Waals surface area contributed by atoms with Crippen LogP contribution in [0.4, 0.5) is 10.5 Å². The first kappa shape index (κ1) is 15.5. The minimum Gasteiger partial charge on any atom is -0.478 e. The molecule has 0 unspecified atom stereocenters. The van der Waals surface area contributed by atoms with E-state index in [1.807, 2.05) is 16.8 Å². The van der Waals surface area contributed by atoms with Gasteiger partial charge < -0.3 is 15.3 Å². The van der Waals surface area contributed by atoms with Crippen LogP contribution in [0.5, 0.6) is 0 Å². The van der Waals surface area contributed by atoms with E-state index in [0.717, 1.165) is 5.56 Å². The van der Waals surface area contributed by atoms with Gasteiger partial charge in [-0.1, -0.05) is 0 Å². The minimum absolute atomic E-state index is 0.119. The highest BCUT2D eigenvalue weighted by Crippen LogP contribution is 2.24. The van der Waals surface area contributed by atoms with E-state index in [4.69, 9.17) is 5.11 Å². The first-order valence-corrected chi connectivity index (χ1v) is 7.77. The maximum Gasteiger partial charge on any atom is 0.335 e. The number of rotatable bonds is 4. The predicted octanol–water partition coefficient (Wildman–Crippen LogP) is 3.87. The number of thiophene rings is 1. The summed E-state index contributed by atoms with van der Waals surface area (Å²) in [6.07, 6.45) is 0. The normalized spacial score (nSPS) is 10.2. The van der Waals surface area contributed by atoms with Crippen LogP contribution in [0.15, 0.2) is 39.5 Å². The second kappa shape index (κ2) is 6.73. The van der Waals surface area contributed by atoms with Gasteiger partial charge in [0, 0.05) is 18.1 Å². The molecular weight excluding hydrogens is 356 g/mol. The Hall–Kier alpha value is -1.86. The Balaban J connectivity index is 2.08. The minimum atomic E-state index is -1.04. The van der Waals surface area contributed by atoms with Gasteiger partial charge in [0.2, 0.25) is 0 Å². The highest BCUT2D eigenvalue weighted by atomic mass is 79.9. The lowest BCUT2D eigenvalue weighted by molar-refractivity contribution is 0.0697. The van der Waals surface area contributed by atoms with E-state index in [-0.39, 0.29) is 11.6 Å². The van der Waals surface area contributed by atoms with Gasteiger partial charge in [-0.05, 0) is 56.5 Å². The standard InChI is InChI=1S/C14H13BrN2O3S/c1-17(7-9-4-5-21-8-9)14(20)16-12-6-10(13(18)19)2-3-11(12)15/h2-6,8H,7H2,1H3,(H,16,20)(H,18,19). The van der Waals surface area contributed by atoms with Crippen molar-refractivity contribution in [3.05, 3.63) is 50.6 Å². The number of carboxylic acid groups (broad SMARTS) is 1. The number of amides is 2. The first-order chi connectivity index (χ1) is 9.97. The van der Waals surface area contributed by atoms with Crippen molar-refractivity contribution in [3.8, 4) is 0 Å². The van der Waals surface area contributed by atoms with E-state index >= 15 is 0 Å². The second-order valence-electron chi connectivity index (χ2n) is 4.42. The predicted molar refractivity (Wildman–Crippen MR) is 85.9 cm³/mol. The molecule has 5 nitrogen and oxygen atoms in total. The molecule has 1 aromatic carbocycles. The number of hydrogen-bond donors (Lipinski definition) is 2. The van der Waals surface area contributed by atoms with Crippen LogP contribution in [0.1, 0.15) is 15.9 Å². The Bertz CT molecular complexity index is 658. The molecule has 0 fully saturated rings. The van der Waals surface area contributed by atoms with Crippen molar-refractivity contribution in [1.82, 2.24) is 4.90 Å². The monoisotopic (exact) mass is 368 g/mol. The van der Waals surface area contributed by atoms with Crippen molar-refractivity contribution in [2.75, 3.05) is 12.4 Å². The van der Waals surface area contributed by atoms with Crippen molar-refractivity contribution in [3.63, 3.8) is 0 Å². The highest BCUT2D eigenvalue weighted by Gasteiger charge is 2.13. The van der Waals surface area contributed by atoms with Crippen LogP contribution in [0, 0.1) is 0 Å². The van der Waals surface area contributed by atoms with Crippen LogP contribution in [0.25, 0.3) is 0 Å². The first-order valence-electron chi connectivity index (χ1n) is 6.03. The van der Waals surface area contributed by atoms with Gasteiger partial charge in [-0.25, -0.2) is 9.59 Å². The summed E-state index contributed by atoms with van der Waals surface area (Å²) in [6.45, 7) is 0.492. The SMILES string of the molecule is CN(Cc1ccsc1)C(=O)Nc1cc(C(=O)O)ccc1Br. The van der Waals surface area contributed by atoms with Gasteiger partial charge >= 0.3 is 12.0 Å². The molecule has 0 radical (unpaired) electrons. The molecule has 2 aromatic rings. The average Bonchev–Trinajstić information content (AvgIpc) is 2.93. The number of benzene rings is 1. The maximum atomic E-state index is 12.1. The molecule has 1 heterocycles. The summed E-state index contributed by atoms with van der Waals surface area (Å²) in [5.74, 6) is -1.04. The summed E-state index contributed by atoms with van der Waals surface area (Å²) < 4.78 is 0.629. The lowest BCUT2D eigenvalue weighted by Gasteiger charge is -2.18. The summed E-state index contributed by atoms with van der Waals surface area (Å²) in [5.41, 5.74) is 1.60. The molecule has 0 saturated carbocycles. The van der Waals surface area contributed by atoms with E-state index in [1.54, 1.807) is 24.5 Å². The molecule has 7 heteroatoms. The highest BCUT2D eigenvalue weighted by molar-refractivity contribution is 9.10. The molecule has 21 heavy (non-hydrogen) atoms. The lowest BCUT2D eigenvalue weighted by atomic mass is 10.2. The Morgan fingerprint density at radius 2 is 2.14 bits per heavy atom. The van der Waals surface area contributed by atoms with Gasteiger partial charge in [0.15, 0.2) is 0 Å². The van der Waals surface area contributed by atoms with E-state index in [9.17, 15) is 9.59 Å².